The van der Waals surface area contributed by atoms with Crippen LogP contribution in [0.2, 0.25) is 0 Å². The molecule has 1 N–H and O–H groups in total. The molecule has 0 saturated heterocycles. The Balaban J connectivity index is 2.51. The molecule has 17 heavy (non-hydrogen) atoms. The fourth-order valence-electron chi connectivity index (χ4n) is 1.49. The minimum atomic E-state index is 0.0371. The highest BCUT2D eigenvalue weighted by molar-refractivity contribution is 7.15. The van der Waals surface area contributed by atoms with Gasteiger partial charge in [-0.3, -0.25) is 4.79 Å². The van der Waals surface area contributed by atoms with Crippen molar-refractivity contribution in [2.45, 2.75) is 39.5 Å². The van der Waals surface area contributed by atoms with Crippen molar-refractivity contribution in [1.29, 1.82) is 0 Å². The second-order valence-corrected chi connectivity index (χ2v) is 5.24. The van der Waals surface area contributed by atoms with Gasteiger partial charge in [0.05, 0.1) is 0 Å². The molecule has 1 rings (SSSR count). The Morgan fingerprint density at radius 3 is 2.71 bits per heavy atom. The average Bonchev–Trinajstić information content (AvgIpc) is 2.75. The molecule has 96 valence electrons. The molecule has 0 unspecified atom stereocenters. The first-order valence-corrected chi connectivity index (χ1v) is 7.25. The van der Waals surface area contributed by atoms with Crippen LogP contribution in [0.25, 0.3) is 0 Å². The number of carbonyl (C=O) groups excluding carboxylic acids is 1. The zero-order valence-electron chi connectivity index (χ0n) is 10.2. The van der Waals surface area contributed by atoms with Gasteiger partial charge in [0.1, 0.15) is 5.01 Å². The number of amides is 1. The summed E-state index contributed by atoms with van der Waals surface area (Å²) in [6, 6.07) is 0. The minimum absolute atomic E-state index is 0.0371. The molecule has 0 aliphatic rings. The van der Waals surface area contributed by atoms with Crippen LogP contribution in [0.15, 0.2) is 0 Å². The number of hydrogen-bond donors (Lipinski definition) is 1. The van der Waals surface area contributed by atoms with E-state index < -0.39 is 0 Å². The maximum absolute atomic E-state index is 11.8. The molecule has 1 heterocycles. The van der Waals surface area contributed by atoms with Crippen molar-refractivity contribution >= 4 is 34.0 Å². The fraction of sp³-hybridized carbons (Fsp3) is 0.727. The van der Waals surface area contributed by atoms with Gasteiger partial charge in [-0.2, -0.15) is 0 Å². The summed E-state index contributed by atoms with van der Waals surface area (Å²) in [7, 11) is 0. The predicted octanol–water partition coefficient (Wildman–Crippen LogP) is 3.08. The highest BCUT2D eigenvalue weighted by Crippen LogP contribution is 2.18. The van der Waals surface area contributed by atoms with Crippen LogP contribution in [0, 0.1) is 5.92 Å². The third-order valence-electron chi connectivity index (χ3n) is 2.58. The number of carbonyl (C=O) groups is 1. The van der Waals surface area contributed by atoms with Crippen LogP contribution in [-0.2, 0) is 11.2 Å². The Labute approximate surface area is 111 Å². The van der Waals surface area contributed by atoms with Crippen LogP contribution in [0.1, 0.15) is 38.1 Å². The smallest absolute Gasteiger partial charge is 0.229 e. The number of halogens is 1. The lowest BCUT2D eigenvalue weighted by atomic mass is 10.0. The van der Waals surface area contributed by atoms with Crippen LogP contribution in [0.5, 0.6) is 0 Å². The fourth-order valence-corrected chi connectivity index (χ4v) is 2.41. The molecule has 4 nitrogen and oxygen atoms in total. The van der Waals surface area contributed by atoms with E-state index in [4.69, 9.17) is 11.6 Å². The van der Waals surface area contributed by atoms with Gasteiger partial charge in [-0.25, -0.2) is 0 Å². The molecule has 0 aromatic carbocycles. The average molecular weight is 276 g/mol. The molecule has 0 aliphatic heterocycles. The lowest BCUT2D eigenvalue weighted by Gasteiger charge is -2.09. The van der Waals surface area contributed by atoms with Crippen molar-refractivity contribution in [3.63, 3.8) is 0 Å². The molecule has 0 bridgehead atoms. The normalized spacial score (nSPS) is 10.8. The molecule has 0 atom stereocenters. The van der Waals surface area contributed by atoms with E-state index in [9.17, 15) is 4.79 Å². The highest BCUT2D eigenvalue weighted by Gasteiger charge is 2.15. The van der Waals surface area contributed by atoms with Gasteiger partial charge in [-0.05, 0) is 19.3 Å². The number of nitrogens with one attached hydrogen (secondary N) is 1. The van der Waals surface area contributed by atoms with Gasteiger partial charge in [0.2, 0.25) is 11.0 Å². The van der Waals surface area contributed by atoms with Crippen molar-refractivity contribution in [2.24, 2.45) is 5.92 Å². The summed E-state index contributed by atoms with van der Waals surface area (Å²) in [5.41, 5.74) is 0. The zero-order valence-corrected chi connectivity index (χ0v) is 11.8. The first-order valence-electron chi connectivity index (χ1n) is 5.90. The summed E-state index contributed by atoms with van der Waals surface area (Å²) in [4.78, 5) is 11.8. The summed E-state index contributed by atoms with van der Waals surface area (Å²) in [6.45, 7) is 4.03. The Morgan fingerprint density at radius 2 is 2.12 bits per heavy atom. The molecule has 0 spiro atoms. The summed E-state index contributed by atoms with van der Waals surface area (Å²) >= 11 is 7.04. The highest BCUT2D eigenvalue weighted by atomic mass is 35.5. The van der Waals surface area contributed by atoms with E-state index in [0.717, 1.165) is 30.7 Å². The molecule has 1 aromatic rings. The molecule has 0 aliphatic carbocycles. The summed E-state index contributed by atoms with van der Waals surface area (Å²) in [5.74, 6) is 0.717. The molecular formula is C11H18ClN3OS. The van der Waals surface area contributed by atoms with Gasteiger partial charge in [0.25, 0.3) is 0 Å². The molecule has 1 aromatic heterocycles. The quantitative estimate of drug-likeness (QED) is 0.778. The van der Waals surface area contributed by atoms with Gasteiger partial charge in [0, 0.05) is 18.2 Å². The SMILES string of the molecule is CCC(CC)C(=O)Nc1nnc(CCCCl)s1. The number of aryl methyl sites for hydroxylation is 1. The molecule has 0 radical (unpaired) electrons. The van der Waals surface area contributed by atoms with E-state index >= 15 is 0 Å². The van der Waals surface area contributed by atoms with Gasteiger partial charge < -0.3 is 5.32 Å². The van der Waals surface area contributed by atoms with Gasteiger partial charge in [-0.1, -0.05) is 25.2 Å². The van der Waals surface area contributed by atoms with E-state index in [1.54, 1.807) is 0 Å². The summed E-state index contributed by atoms with van der Waals surface area (Å²) in [6.07, 6.45) is 3.40. The Kier molecular flexibility index (Phi) is 6.44. The van der Waals surface area contributed by atoms with Crippen LogP contribution in [0.4, 0.5) is 5.13 Å². The second kappa shape index (κ2) is 7.61. The first kappa shape index (κ1) is 14.4. The number of aromatic nitrogens is 2. The van der Waals surface area contributed by atoms with Crippen molar-refractivity contribution in [3.8, 4) is 0 Å². The van der Waals surface area contributed by atoms with Crippen LogP contribution < -0.4 is 5.32 Å². The lowest BCUT2D eigenvalue weighted by Crippen LogP contribution is -2.21. The van der Waals surface area contributed by atoms with Crippen molar-refractivity contribution in [3.05, 3.63) is 5.01 Å². The molecule has 0 saturated carbocycles. The summed E-state index contributed by atoms with van der Waals surface area (Å²) in [5, 5.41) is 12.3. The number of hydrogen-bond acceptors (Lipinski definition) is 4. The Hall–Kier alpha value is -0.680. The first-order chi connectivity index (χ1) is 8.21. The van der Waals surface area contributed by atoms with Crippen molar-refractivity contribution < 1.29 is 4.79 Å². The third kappa shape index (κ3) is 4.60. The van der Waals surface area contributed by atoms with Crippen molar-refractivity contribution in [2.75, 3.05) is 11.2 Å². The Bertz CT molecular complexity index is 352. The molecule has 0 fully saturated rings. The number of rotatable bonds is 7. The van der Waals surface area contributed by atoms with Crippen LogP contribution in [0.3, 0.4) is 0 Å². The molecule has 6 heteroatoms. The van der Waals surface area contributed by atoms with Gasteiger partial charge in [-0.15, -0.1) is 21.8 Å². The predicted molar refractivity (Wildman–Crippen MR) is 71.7 cm³/mol. The van der Waals surface area contributed by atoms with Crippen LogP contribution in [-0.4, -0.2) is 22.0 Å². The topological polar surface area (TPSA) is 54.9 Å². The van der Waals surface area contributed by atoms with Gasteiger partial charge >= 0.3 is 0 Å². The number of alkyl halides is 1. The number of anilines is 1. The largest absolute Gasteiger partial charge is 0.300 e. The summed E-state index contributed by atoms with van der Waals surface area (Å²) < 4.78 is 0. The third-order valence-corrected chi connectivity index (χ3v) is 3.74. The Morgan fingerprint density at radius 1 is 1.41 bits per heavy atom. The van der Waals surface area contributed by atoms with E-state index in [1.807, 2.05) is 13.8 Å². The second-order valence-electron chi connectivity index (χ2n) is 3.80. The van der Waals surface area contributed by atoms with E-state index in [-0.39, 0.29) is 11.8 Å². The zero-order chi connectivity index (χ0) is 12.7. The lowest BCUT2D eigenvalue weighted by molar-refractivity contribution is -0.120. The van der Waals surface area contributed by atoms with Crippen LogP contribution >= 0.6 is 22.9 Å². The minimum Gasteiger partial charge on any atom is -0.300 e. The van der Waals surface area contributed by atoms with Crippen molar-refractivity contribution in [1.82, 2.24) is 10.2 Å². The van der Waals surface area contributed by atoms with E-state index in [0.29, 0.717) is 11.0 Å². The number of nitrogens with zero attached hydrogens (tertiary/aromatic N) is 2. The van der Waals surface area contributed by atoms with Gasteiger partial charge in [0.15, 0.2) is 0 Å². The maximum Gasteiger partial charge on any atom is 0.229 e. The molecular weight excluding hydrogens is 258 g/mol. The standard InChI is InChI=1S/C11H18ClN3OS/c1-3-8(4-2)10(16)13-11-15-14-9(17-11)6-5-7-12/h8H,3-7H2,1-2H3,(H,13,15,16). The molecule has 1 amide bonds. The monoisotopic (exact) mass is 275 g/mol. The van der Waals surface area contributed by atoms with E-state index in [2.05, 4.69) is 15.5 Å². The van der Waals surface area contributed by atoms with E-state index in [1.165, 1.54) is 11.3 Å². The maximum atomic E-state index is 11.8.